The van der Waals surface area contributed by atoms with E-state index < -0.39 is 0 Å². The highest BCUT2D eigenvalue weighted by atomic mass is 127. The van der Waals surface area contributed by atoms with Crippen LogP contribution >= 0.6 is 24.0 Å². The van der Waals surface area contributed by atoms with Crippen molar-refractivity contribution in [3.63, 3.8) is 0 Å². The molecule has 1 rings (SSSR count). The number of rotatable bonds is 5. The third-order valence-corrected chi connectivity index (χ3v) is 2.41. The smallest absolute Gasteiger partial charge is 0.191 e. The minimum Gasteiger partial charge on any atom is -0.383 e. The third kappa shape index (κ3) is 5.31. The van der Waals surface area contributed by atoms with Crippen LogP contribution in [0.4, 0.5) is 0 Å². The minimum absolute atomic E-state index is 0. The number of nitrogens with one attached hydrogen (secondary N) is 2. The summed E-state index contributed by atoms with van der Waals surface area (Å²) in [5.41, 5.74) is 0.263. The number of hydrogen-bond donors (Lipinski definition) is 2. The van der Waals surface area contributed by atoms with Gasteiger partial charge in [-0.3, -0.25) is 4.99 Å². The summed E-state index contributed by atoms with van der Waals surface area (Å²) in [5.74, 6) is 0.820. The van der Waals surface area contributed by atoms with Crippen LogP contribution in [0.15, 0.2) is 4.99 Å². The Morgan fingerprint density at radius 2 is 2.12 bits per heavy atom. The van der Waals surface area contributed by atoms with Crippen LogP contribution < -0.4 is 10.6 Å². The van der Waals surface area contributed by atoms with E-state index in [1.165, 1.54) is 0 Å². The lowest BCUT2D eigenvalue weighted by atomic mass is 9.89. The van der Waals surface area contributed by atoms with Crippen molar-refractivity contribution in [1.82, 2.24) is 10.6 Å². The Morgan fingerprint density at radius 3 is 2.56 bits per heavy atom. The second-order valence-corrected chi connectivity index (χ2v) is 4.15. The molecule has 0 saturated carbocycles. The Bertz CT molecular complexity index is 220. The van der Waals surface area contributed by atoms with Gasteiger partial charge in [0.2, 0.25) is 0 Å². The summed E-state index contributed by atoms with van der Waals surface area (Å²) in [6, 6.07) is 0. The highest BCUT2D eigenvalue weighted by Gasteiger charge is 2.33. The Kier molecular flexibility index (Phi) is 8.04. The summed E-state index contributed by atoms with van der Waals surface area (Å²) in [5, 5.41) is 6.44. The highest BCUT2D eigenvalue weighted by Crippen LogP contribution is 2.24. The molecule has 1 aliphatic heterocycles. The van der Waals surface area contributed by atoms with Crippen LogP contribution in [0.25, 0.3) is 0 Å². The molecule has 6 heteroatoms. The van der Waals surface area contributed by atoms with E-state index >= 15 is 0 Å². The maximum absolute atomic E-state index is 5.18. The Hall–Kier alpha value is -0.0800. The first kappa shape index (κ1) is 15.9. The van der Waals surface area contributed by atoms with Gasteiger partial charge in [0.25, 0.3) is 0 Å². The van der Waals surface area contributed by atoms with Crippen molar-refractivity contribution in [2.75, 3.05) is 47.1 Å². The van der Waals surface area contributed by atoms with E-state index in [1.54, 1.807) is 14.2 Å². The molecule has 1 aliphatic rings. The van der Waals surface area contributed by atoms with Crippen molar-refractivity contribution >= 4 is 29.9 Å². The second-order valence-electron chi connectivity index (χ2n) is 4.15. The number of halogens is 1. The lowest BCUT2D eigenvalue weighted by molar-refractivity contribution is -0.0971. The van der Waals surface area contributed by atoms with Crippen molar-refractivity contribution < 1.29 is 9.47 Å². The van der Waals surface area contributed by atoms with E-state index in [0.717, 1.165) is 32.3 Å². The molecule has 0 amide bonds. The zero-order valence-corrected chi connectivity index (χ0v) is 12.5. The number of aliphatic imine (C=N–C) groups is 1. The zero-order chi connectivity index (χ0) is 11.1. The van der Waals surface area contributed by atoms with Gasteiger partial charge in [-0.1, -0.05) is 6.92 Å². The van der Waals surface area contributed by atoms with Gasteiger partial charge in [0.15, 0.2) is 5.96 Å². The summed E-state index contributed by atoms with van der Waals surface area (Å²) in [4.78, 5) is 4.12. The molecule has 16 heavy (non-hydrogen) atoms. The number of hydrogen-bond acceptors (Lipinski definition) is 3. The quantitative estimate of drug-likeness (QED) is 0.330. The first-order valence-electron chi connectivity index (χ1n) is 5.21. The van der Waals surface area contributed by atoms with E-state index in [4.69, 9.17) is 9.47 Å². The first-order chi connectivity index (χ1) is 7.20. The molecule has 0 aromatic rings. The molecule has 0 spiro atoms. The summed E-state index contributed by atoms with van der Waals surface area (Å²) in [6.45, 7) is 6.19. The van der Waals surface area contributed by atoms with Gasteiger partial charge in [0.05, 0.1) is 19.8 Å². The SMILES string of the molecule is CN=C(NCCOC)NCC1(C)COC1.I. The lowest BCUT2D eigenvalue weighted by Crippen LogP contribution is -2.51. The molecule has 1 saturated heterocycles. The molecule has 1 heterocycles. The molecule has 0 atom stereocenters. The van der Waals surface area contributed by atoms with Gasteiger partial charge in [0, 0.05) is 32.7 Å². The van der Waals surface area contributed by atoms with E-state index in [1.807, 2.05) is 0 Å². The molecule has 5 nitrogen and oxygen atoms in total. The van der Waals surface area contributed by atoms with E-state index in [-0.39, 0.29) is 29.4 Å². The fourth-order valence-electron chi connectivity index (χ4n) is 1.34. The first-order valence-corrected chi connectivity index (χ1v) is 5.21. The topological polar surface area (TPSA) is 54.9 Å². The van der Waals surface area contributed by atoms with Crippen LogP contribution in [0.1, 0.15) is 6.92 Å². The van der Waals surface area contributed by atoms with Crippen LogP contribution in [-0.4, -0.2) is 53.0 Å². The molecule has 1 fully saturated rings. The lowest BCUT2D eigenvalue weighted by Gasteiger charge is -2.38. The maximum atomic E-state index is 5.18. The zero-order valence-electron chi connectivity index (χ0n) is 10.2. The predicted octanol–water partition coefficient (Wildman–Crippen LogP) is 0.452. The average Bonchev–Trinajstić information content (AvgIpc) is 2.20. The predicted molar refractivity (Wildman–Crippen MR) is 75.6 cm³/mol. The maximum Gasteiger partial charge on any atom is 0.191 e. The molecule has 0 unspecified atom stereocenters. The van der Waals surface area contributed by atoms with Gasteiger partial charge in [0.1, 0.15) is 0 Å². The van der Waals surface area contributed by atoms with Crippen molar-refractivity contribution in [3.8, 4) is 0 Å². The molecule has 0 aromatic heterocycles. The Balaban J connectivity index is 0.00000225. The monoisotopic (exact) mass is 343 g/mol. The molecule has 96 valence electrons. The fraction of sp³-hybridized carbons (Fsp3) is 0.900. The van der Waals surface area contributed by atoms with Crippen LogP contribution in [-0.2, 0) is 9.47 Å². The van der Waals surface area contributed by atoms with Crippen molar-refractivity contribution in [2.45, 2.75) is 6.92 Å². The summed E-state index contributed by atoms with van der Waals surface area (Å²) in [7, 11) is 3.45. The third-order valence-electron chi connectivity index (χ3n) is 2.41. The fourth-order valence-corrected chi connectivity index (χ4v) is 1.34. The standard InChI is InChI=1S/C10H21N3O2.HI/c1-10(7-15-8-10)6-13-9(11-2)12-4-5-14-3;/h4-8H2,1-3H3,(H2,11,12,13);1H. The van der Waals surface area contributed by atoms with Gasteiger partial charge < -0.3 is 20.1 Å². The van der Waals surface area contributed by atoms with Gasteiger partial charge in [-0.05, 0) is 0 Å². The molecule has 0 aliphatic carbocycles. The average molecular weight is 343 g/mol. The summed E-state index contributed by atoms with van der Waals surface area (Å²) in [6.07, 6.45) is 0. The van der Waals surface area contributed by atoms with Crippen LogP contribution in [0.2, 0.25) is 0 Å². The van der Waals surface area contributed by atoms with Crippen molar-refractivity contribution in [3.05, 3.63) is 0 Å². The van der Waals surface area contributed by atoms with E-state index in [2.05, 4.69) is 22.5 Å². The Morgan fingerprint density at radius 1 is 1.44 bits per heavy atom. The Labute approximate surface area is 114 Å². The highest BCUT2D eigenvalue weighted by molar-refractivity contribution is 14.0. The van der Waals surface area contributed by atoms with E-state index in [9.17, 15) is 0 Å². The molecule has 0 radical (unpaired) electrons. The normalized spacial score (nSPS) is 18.3. The number of nitrogens with zero attached hydrogens (tertiary/aromatic N) is 1. The van der Waals surface area contributed by atoms with Gasteiger partial charge in [-0.15, -0.1) is 24.0 Å². The molecule has 0 aromatic carbocycles. The summed E-state index contributed by atoms with van der Waals surface area (Å²) < 4.78 is 10.1. The summed E-state index contributed by atoms with van der Waals surface area (Å²) >= 11 is 0. The number of ether oxygens (including phenoxy) is 2. The number of guanidine groups is 1. The van der Waals surface area contributed by atoms with Gasteiger partial charge in [-0.25, -0.2) is 0 Å². The van der Waals surface area contributed by atoms with Crippen LogP contribution in [0.5, 0.6) is 0 Å². The van der Waals surface area contributed by atoms with Crippen LogP contribution in [0.3, 0.4) is 0 Å². The van der Waals surface area contributed by atoms with Crippen LogP contribution in [0, 0.1) is 5.41 Å². The largest absolute Gasteiger partial charge is 0.383 e. The molecular weight excluding hydrogens is 321 g/mol. The van der Waals surface area contributed by atoms with Crippen molar-refractivity contribution in [1.29, 1.82) is 0 Å². The molecule has 0 bridgehead atoms. The minimum atomic E-state index is 0. The van der Waals surface area contributed by atoms with Crippen molar-refractivity contribution in [2.24, 2.45) is 10.4 Å². The molecule has 2 N–H and O–H groups in total. The van der Waals surface area contributed by atoms with Gasteiger partial charge in [-0.2, -0.15) is 0 Å². The van der Waals surface area contributed by atoms with Gasteiger partial charge >= 0.3 is 0 Å². The molecular formula is C10H22IN3O2. The number of methoxy groups -OCH3 is 1. The van der Waals surface area contributed by atoms with E-state index in [0.29, 0.717) is 6.61 Å². The second kappa shape index (κ2) is 8.08.